The van der Waals surface area contributed by atoms with Crippen molar-refractivity contribution >= 4 is 40.6 Å². The lowest BCUT2D eigenvalue weighted by Gasteiger charge is -2.23. The highest BCUT2D eigenvalue weighted by atomic mass is 127. The van der Waals surface area contributed by atoms with Gasteiger partial charge < -0.3 is 25.2 Å². The van der Waals surface area contributed by atoms with Crippen LogP contribution in [0.3, 0.4) is 0 Å². The molecule has 1 aromatic rings. The number of ether oxygens (including phenoxy) is 2. The molecule has 0 aliphatic carbocycles. The summed E-state index contributed by atoms with van der Waals surface area (Å²) >= 11 is 1.97. The highest BCUT2D eigenvalue weighted by molar-refractivity contribution is 14.1. The fourth-order valence-corrected chi connectivity index (χ4v) is 2.68. The van der Waals surface area contributed by atoms with Crippen molar-refractivity contribution in [2.45, 2.75) is 51.8 Å². The third-order valence-electron chi connectivity index (χ3n) is 3.38. The molecule has 2 unspecified atom stereocenters. The number of nitrogens with one attached hydrogen (secondary N) is 2. The number of hydrogen-bond acceptors (Lipinski definition) is 6. The topological polar surface area (TPSA) is 114 Å². The zero-order valence-corrected chi connectivity index (χ0v) is 18.1. The van der Waals surface area contributed by atoms with Gasteiger partial charge in [-0.25, -0.2) is 9.59 Å². The van der Waals surface area contributed by atoms with Crippen LogP contribution in [0.15, 0.2) is 18.2 Å². The molecule has 27 heavy (non-hydrogen) atoms. The van der Waals surface area contributed by atoms with Crippen LogP contribution in [-0.4, -0.2) is 47.9 Å². The molecule has 8 nitrogen and oxygen atoms in total. The fraction of sp³-hybridized carbons (Fsp3) is 0.500. The van der Waals surface area contributed by atoms with Gasteiger partial charge in [0.25, 0.3) is 0 Å². The van der Waals surface area contributed by atoms with E-state index in [1.165, 1.54) is 20.1 Å². The molecular weight excluding hydrogens is 467 g/mol. The molecule has 0 radical (unpaired) electrons. The van der Waals surface area contributed by atoms with E-state index in [-0.39, 0.29) is 12.2 Å². The Morgan fingerprint density at radius 3 is 2.37 bits per heavy atom. The van der Waals surface area contributed by atoms with Gasteiger partial charge in [0.1, 0.15) is 23.4 Å². The largest absolute Gasteiger partial charge is 0.507 e. The SMILES string of the molecule is COC(=O)C(Cc1ccc(O)c(I)c1)NC(=O)C(C)NC(=O)OC(C)(C)C. The quantitative estimate of drug-likeness (QED) is 0.414. The van der Waals surface area contributed by atoms with Crippen LogP contribution < -0.4 is 10.6 Å². The molecule has 150 valence electrons. The van der Waals surface area contributed by atoms with Gasteiger partial charge in [0.2, 0.25) is 5.91 Å². The average molecular weight is 492 g/mol. The Hall–Kier alpha value is -2.04. The monoisotopic (exact) mass is 492 g/mol. The van der Waals surface area contributed by atoms with Gasteiger partial charge in [-0.1, -0.05) is 6.07 Å². The Bertz CT molecular complexity index is 702. The van der Waals surface area contributed by atoms with Gasteiger partial charge in [0.15, 0.2) is 0 Å². The number of alkyl carbamates (subject to hydrolysis) is 1. The summed E-state index contributed by atoms with van der Waals surface area (Å²) < 4.78 is 10.5. The van der Waals surface area contributed by atoms with Crippen LogP contribution in [-0.2, 0) is 25.5 Å². The molecule has 0 aromatic heterocycles. The first-order chi connectivity index (χ1) is 12.4. The van der Waals surface area contributed by atoms with Gasteiger partial charge in [-0.15, -0.1) is 0 Å². The van der Waals surface area contributed by atoms with Crippen molar-refractivity contribution in [3.8, 4) is 5.75 Å². The maximum Gasteiger partial charge on any atom is 0.408 e. The summed E-state index contributed by atoms with van der Waals surface area (Å²) in [6.45, 7) is 6.62. The smallest absolute Gasteiger partial charge is 0.408 e. The van der Waals surface area contributed by atoms with Crippen LogP contribution in [0.2, 0.25) is 0 Å². The van der Waals surface area contributed by atoms with Crippen molar-refractivity contribution < 1.29 is 29.0 Å². The van der Waals surface area contributed by atoms with Crippen LogP contribution in [0.4, 0.5) is 4.79 Å². The van der Waals surface area contributed by atoms with E-state index in [0.717, 1.165) is 5.56 Å². The Morgan fingerprint density at radius 2 is 1.85 bits per heavy atom. The fourth-order valence-electron chi connectivity index (χ4n) is 2.10. The van der Waals surface area contributed by atoms with Crippen LogP contribution >= 0.6 is 22.6 Å². The summed E-state index contributed by atoms with van der Waals surface area (Å²) in [7, 11) is 1.23. The molecule has 0 aliphatic rings. The van der Waals surface area contributed by atoms with E-state index in [9.17, 15) is 19.5 Å². The molecule has 2 atom stereocenters. The lowest BCUT2D eigenvalue weighted by Crippen LogP contribution is -2.52. The number of benzene rings is 1. The van der Waals surface area contributed by atoms with Crippen molar-refractivity contribution in [2.24, 2.45) is 0 Å². The summed E-state index contributed by atoms with van der Waals surface area (Å²) in [4.78, 5) is 36.2. The minimum Gasteiger partial charge on any atom is -0.507 e. The Labute approximate surface area is 172 Å². The molecule has 3 N–H and O–H groups in total. The van der Waals surface area contributed by atoms with Crippen molar-refractivity contribution in [2.75, 3.05) is 7.11 Å². The molecule has 0 heterocycles. The van der Waals surface area contributed by atoms with E-state index in [2.05, 4.69) is 10.6 Å². The predicted molar refractivity (Wildman–Crippen MR) is 107 cm³/mol. The Morgan fingerprint density at radius 1 is 1.22 bits per heavy atom. The number of phenolic OH excluding ortho intramolecular Hbond substituents is 1. The number of phenols is 1. The Balaban J connectivity index is 2.77. The van der Waals surface area contributed by atoms with E-state index in [0.29, 0.717) is 3.57 Å². The zero-order valence-electron chi connectivity index (χ0n) is 16.0. The number of halogens is 1. The van der Waals surface area contributed by atoms with E-state index < -0.39 is 35.7 Å². The first-order valence-corrected chi connectivity index (χ1v) is 9.36. The number of hydrogen-bond donors (Lipinski definition) is 3. The maximum absolute atomic E-state index is 12.4. The number of esters is 1. The lowest BCUT2D eigenvalue weighted by molar-refractivity contribution is -0.145. The minimum atomic E-state index is -0.939. The highest BCUT2D eigenvalue weighted by Gasteiger charge is 2.26. The van der Waals surface area contributed by atoms with Crippen molar-refractivity contribution in [3.05, 3.63) is 27.3 Å². The molecule has 0 aliphatic heterocycles. The van der Waals surface area contributed by atoms with Crippen molar-refractivity contribution in [1.29, 1.82) is 0 Å². The number of methoxy groups -OCH3 is 1. The molecule has 9 heteroatoms. The molecule has 0 spiro atoms. The molecule has 0 saturated carbocycles. The zero-order chi connectivity index (χ0) is 20.8. The molecule has 1 rings (SSSR count). The van der Waals surface area contributed by atoms with Crippen molar-refractivity contribution in [1.82, 2.24) is 10.6 Å². The second-order valence-corrected chi connectivity index (χ2v) is 8.10. The minimum absolute atomic E-state index is 0.133. The van der Waals surface area contributed by atoms with Crippen LogP contribution in [0.1, 0.15) is 33.3 Å². The third-order valence-corrected chi connectivity index (χ3v) is 4.24. The number of carbonyl (C=O) groups is 3. The normalized spacial score (nSPS) is 13.3. The van der Waals surface area contributed by atoms with Gasteiger partial charge in [0.05, 0.1) is 10.7 Å². The van der Waals surface area contributed by atoms with Crippen LogP contribution in [0, 0.1) is 3.57 Å². The van der Waals surface area contributed by atoms with Crippen LogP contribution in [0.25, 0.3) is 0 Å². The molecule has 0 saturated heterocycles. The van der Waals surface area contributed by atoms with E-state index in [4.69, 9.17) is 9.47 Å². The molecule has 0 fully saturated rings. The number of rotatable bonds is 6. The molecule has 0 bridgehead atoms. The second kappa shape index (κ2) is 9.77. The lowest BCUT2D eigenvalue weighted by atomic mass is 10.1. The van der Waals surface area contributed by atoms with E-state index >= 15 is 0 Å². The summed E-state index contributed by atoms with van der Waals surface area (Å²) in [5, 5.41) is 14.6. The number of carbonyl (C=O) groups excluding carboxylic acids is 3. The van der Waals surface area contributed by atoms with Gasteiger partial charge in [-0.05, 0) is 68.0 Å². The van der Waals surface area contributed by atoms with Gasteiger partial charge >= 0.3 is 12.1 Å². The van der Waals surface area contributed by atoms with Crippen LogP contribution in [0.5, 0.6) is 5.75 Å². The summed E-state index contributed by atoms with van der Waals surface area (Å²) in [5.41, 5.74) is 0.0471. The average Bonchev–Trinajstić information content (AvgIpc) is 2.54. The first-order valence-electron chi connectivity index (χ1n) is 8.28. The summed E-state index contributed by atoms with van der Waals surface area (Å²) in [6, 6.07) is 3.03. The van der Waals surface area contributed by atoms with Crippen molar-refractivity contribution in [3.63, 3.8) is 0 Å². The van der Waals surface area contributed by atoms with E-state index in [1.54, 1.807) is 32.9 Å². The Kier molecular flexibility index (Phi) is 8.32. The van der Waals surface area contributed by atoms with Gasteiger partial charge in [-0.2, -0.15) is 0 Å². The predicted octanol–water partition coefficient (Wildman–Crippen LogP) is 2.11. The van der Waals surface area contributed by atoms with E-state index in [1.807, 2.05) is 22.6 Å². The number of amides is 2. The molecular formula is C18H25IN2O6. The van der Waals surface area contributed by atoms with Gasteiger partial charge in [0, 0.05) is 6.42 Å². The highest BCUT2D eigenvalue weighted by Crippen LogP contribution is 2.21. The summed E-state index contributed by atoms with van der Waals surface area (Å²) in [6.07, 6.45) is -0.554. The summed E-state index contributed by atoms with van der Waals surface area (Å²) in [5.74, 6) is -1.03. The molecule has 1 aromatic carbocycles. The standard InChI is InChI=1S/C18H25IN2O6/c1-10(20-17(25)27-18(2,3)4)15(23)21-13(16(24)26-5)9-11-6-7-14(22)12(19)8-11/h6-8,10,13,22H,9H2,1-5H3,(H,20,25)(H,21,23). The van der Waals surface area contributed by atoms with Gasteiger partial charge in [-0.3, -0.25) is 4.79 Å². The number of aromatic hydroxyl groups is 1. The third kappa shape index (κ3) is 8.02. The second-order valence-electron chi connectivity index (χ2n) is 6.94. The molecule has 2 amide bonds. The first kappa shape index (κ1) is 23.0. The maximum atomic E-state index is 12.4.